The van der Waals surface area contributed by atoms with Gasteiger partial charge >= 0.3 is 0 Å². The van der Waals surface area contributed by atoms with Crippen LogP contribution in [-0.2, 0) is 4.74 Å². The molecule has 2 fully saturated rings. The predicted molar refractivity (Wildman–Crippen MR) is 132 cm³/mol. The van der Waals surface area contributed by atoms with Crippen molar-refractivity contribution in [2.45, 2.75) is 70.5 Å². The first kappa shape index (κ1) is 23.3. The van der Waals surface area contributed by atoms with Gasteiger partial charge in [-0.15, -0.1) is 0 Å². The summed E-state index contributed by atoms with van der Waals surface area (Å²) in [5.41, 5.74) is 3.44. The van der Waals surface area contributed by atoms with E-state index in [1.54, 1.807) is 13.3 Å². The van der Waals surface area contributed by atoms with Crippen molar-refractivity contribution in [3.63, 3.8) is 0 Å². The third-order valence-electron chi connectivity index (χ3n) is 6.74. The van der Waals surface area contributed by atoms with Crippen LogP contribution in [-0.4, -0.2) is 48.4 Å². The van der Waals surface area contributed by atoms with Gasteiger partial charge in [0.15, 0.2) is 0 Å². The quantitative estimate of drug-likeness (QED) is 0.446. The van der Waals surface area contributed by atoms with Crippen molar-refractivity contribution in [3.8, 4) is 11.1 Å². The second-order valence-corrected chi connectivity index (χ2v) is 10.3. The van der Waals surface area contributed by atoms with E-state index in [1.807, 2.05) is 12.4 Å². The van der Waals surface area contributed by atoms with Gasteiger partial charge in [-0.05, 0) is 63.0 Å². The van der Waals surface area contributed by atoms with E-state index in [9.17, 15) is 0 Å². The molecule has 0 amide bonds. The van der Waals surface area contributed by atoms with Crippen LogP contribution in [0.25, 0.3) is 11.1 Å². The summed E-state index contributed by atoms with van der Waals surface area (Å²) >= 11 is 6.52. The van der Waals surface area contributed by atoms with Crippen LogP contribution in [0.15, 0.2) is 30.7 Å². The Kier molecular flexibility index (Phi) is 7.54. The lowest BCUT2D eigenvalue weighted by Gasteiger charge is -2.32. The highest BCUT2D eigenvalue weighted by Gasteiger charge is 2.36. The Morgan fingerprint density at radius 1 is 1.12 bits per heavy atom. The average Bonchev–Trinajstić information content (AvgIpc) is 3.53. The van der Waals surface area contributed by atoms with Gasteiger partial charge in [-0.3, -0.25) is 4.98 Å². The molecule has 2 aliphatic carbocycles. The van der Waals surface area contributed by atoms with Crippen molar-refractivity contribution in [2.75, 3.05) is 30.9 Å². The van der Waals surface area contributed by atoms with Crippen LogP contribution in [0.2, 0.25) is 5.02 Å². The van der Waals surface area contributed by atoms with Crippen molar-refractivity contribution < 1.29 is 4.74 Å². The molecule has 6 nitrogen and oxygen atoms in total. The molecule has 2 aromatic heterocycles. The molecule has 2 aliphatic rings. The van der Waals surface area contributed by atoms with Gasteiger partial charge in [0.2, 0.25) is 0 Å². The standard InChI is InChI=1S/C25H36ClN5O/c1-17(15-32-3)30-19-4-6-20(7-5-19)31-24-11-22(23(26)14-28-24)18-10-21(13-27-12-18)29-16-25(2)8-9-25/h10-14,17,19-20,29-30H,4-9,15-16H2,1-3H3,(H,28,31)/t17-,19?,20?/m1/s1. The average molecular weight is 458 g/mol. The molecule has 2 aromatic rings. The Morgan fingerprint density at radius 3 is 2.59 bits per heavy atom. The number of rotatable bonds is 10. The van der Waals surface area contributed by atoms with Crippen LogP contribution in [0.5, 0.6) is 0 Å². The fourth-order valence-corrected chi connectivity index (χ4v) is 4.65. The van der Waals surface area contributed by atoms with Gasteiger partial charge in [-0.2, -0.15) is 0 Å². The predicted octanol–water partition coefficient (Wildman–Crippen LogP) is 5.36. The highest BCUT2D eigenvalue weighted by atomic mass is 35.5. The normalized spacial score (nSPS) is 22.9. The van der Waals surface area contributed by atoms with Gasteiger partial charge in [-0.1, -0.05) is 18.5 Å². The minimum absolute atomic E-state index is 0.390. The lowest BCUT2D eigenvalue weighted by Crippen LogP contribution is -2.42. The fraction of sp³-hybridized carbons (Fsp3) is 0.600. The third kappa shape index (κ3) is 6.33. The summed E-state index contributed by atoms with van der Waals surface area (Å²) in [6, 6.07) is 5.56. The number of halogens is 1. The number of nitrogens with one attached hydrogen (secondary N) is 3. The molecular formula is C25H36ClN5O. The molecule has 4 rings (SSSR count). The largest absolute Gasteiger partial charge is 0.383 e. The number of hydrogen-bond donors (Lipinski definition) is 3. The zero-order chi connectivity index (χ0) is 22.6. The van der Waals surface area contributed by atoms with Crippen molar-refractivity contribution >= 4 is 23.1 Å². The molecule has 1 atom stereocenters. The Balaban J connectivity index is 1.36. The maximum absolute atomic E-state index is 6.52. The highest BCUT2D eigenvalue weighted by molar-refractivity contribution is 6.33. The van der Waals surface area contributed by atoms with Crippen LogP contribution in [0, 0.1) is 5.41 Å². The van der Waals surface area contributed by atoms with Gasteiger partial charge in [0, 0.05) is 61.5 Å². The summed E-state index contributed by atoms with van der Waals surface area (Å²) in [4.78, 5) is 8.97. The maximum Gasteiger partial charge on any atom is 0.126 e. The highest BCUT2D eigenvalue weighted by Crippen LogP contribution is 2.44. The Labute approximate surface area is 196 Å². The first-order valence-corrected chi connectivity index (χ1v) is 12.2. The second-order valence-electron chi connectivity index (χ2n) is 9.89. The van der Waals surface area contributed by atoms with E-state index in [-0.39, 0.29) is 0 Å². The molecule has 0 radical (unpaired) electrons. The van der Waals surface area contributed by atoms with Gasteiger partial charge in [0.25, 0.3) is 0 Å². The molecular weight excluding hydrogens is 422 g/mol. The Morgan fingerprint density at radius 2 is 1.88 bits per heavy atom. The molecule has 3 N–H and O–H groups in total. The number of hydrogen-bond acceptors (Lipinski definition) is 6. The molecule has 0 aromatic carbocycles. The van der Waals surface area contributed by atoms with Crippen molar-refractivity contribution in [1.29, 1.82) is 0 Å². The van der Waals surface area contributed by atoms with Gasteiger partial charge < -0.3 is 20.7 Å². The van der Waals surface area contributed by atoms with Gasteiger partial charge in [0.05, 0.1) is 17.3 Å². The molecule has 0 spiro atoms. The van der Waals surface area contributed by atoms with Crippen LogP contribution in [0.4, 0.5) is 11.5 Å². The zero-order valence-electron chi connectivity index (χ0n) is 19.5. The van der Waals surface area contributed by atoms with E-state index >= 15 is 0 Å². The molecule has 0 saturated heterocycles. The number of pyridine rings is 2. The van der Waals surface area contributed by atoms with E-state index in [2.05, 4.69) is 51.9 Å². The number of aromatic nitrogens is 2. The van der Waals surface area contributed by atoms with Crippen molar-refractivity contribution in [1.82, 2.24) is 15.3 Å². The van der Waals surface area contributed by atoms with Crippen molar-refractivity contribution in [2.24, 2.45) is 5.41 Å². The Bertz CT molecular complexity index is 896. The molecule has 32 heavy (non-hydrogen) atoms. The molecule has 0 unspecified atom stereocenters. The zero-order valence-corrected chi connectivity index (χ0v) is 20.2. The number of nitrogens with zero attached hydrogens (tertiary/aromatic N) is 2. The molecule has 0 bridgehead atoms. The SMILES string of the molecule is COC[C@@H](C)NC1CCC(Nc2cc(-c3cncc(NCC4(C)CC4)c3)c(Cl)cn2)CC1. The topological polar surface area (TPSA) is 71.1 Å². The lowest BCUT2D eigenvalue weighted by molar-refractivity contribution is 0.161. The summed E-state index contributed by atoms with van der Waals surface area (Å²) in [6.07, 6.45) is 12.6. The van der Waals surface area contributed by atoms with E-state index in [4.69, 9.17) is 16.3 Å². The van der Waals surface area contributed by atoms with Crippen molar-refractivity contribution in [3.05, 3.63) is 35.7 Å². The summed E-state index contributed by atoms with van der Waals surface area (Å²) in [5, 5.41) is 11.5. The molecule has 2 saturated carbocycles. The van der Waals surface area contributed by atoms with Gasteiger partial charge in [-0.25, -0.2) is 4.98 Å². The van der Waals surface area contributed by atoms with E-state index in [0.29, 0.717) is 28.6 Å². The van der Waals surface area contributed by atoms with E-state index < -0.39 is 0 Å². The summed E-state index contributed by atoms with van der Waals surface area (Å²) < 4.78 is 5.24. The lowest BCUT2D eigenvalue weighted by atomic mass is 9.90. The fourth-order valence-electron chi connectivity index (χ4n) is 4.44. The second kappa shape index (κ2) is 10.4. The number of anilines is 2. The van der Waals surface area contributed by atoms with Crippen LogP contribution >= 0.6 is 11.6 Å². The van der Waals surface area contributed by atoms with Gasteiger partial charge in [0.1, 0.15) is 5.82 Å². The minimum Gasteiger partial charge on any atom is -0.383 e. The summed E-state index contributed by atoms with van der Waals surface area (Å²) in [7, 11) is 1.75. The smallest absolute Gasteiger partial charge is 0.126 e. The first-order chi connectivity index (χ1) is 15.4. The summed E-state index contributed by atoms with van der Waals surface area (Å²) in [5.74, 6) is 0.873. The third-order valence-corrected chi connectivity index (χ3v) is 7.04. The van der Waals surface area contributed by atoms with Crippen LogP contribution in [0.1, 0.15) is 52.4 Å². The molecule has 0 aliphatic heterocycles. The number of methoxy groups -OCH3 is 1. The van der Waals surface area contributed by atoms with Crippen LogP contribution in [0.3, 0.4) is 0 Å². The van der Waals surface area contributed by atoms with Crippen LogP contribution < -0.4 is 16.0 Å². The maximum atomic E-state index is 6.52. The van der Waals surface area contributed by atoms with E-state index in [0.717, 1.165) is 61.5 Å². The molecule has 174 valence electrons. The molecule has 7 heteroatoms. The molecule has 2 heterocycles. The number of ether oxygens (including phenoxy) is 1. The first-order valence-electron chi connectivity index (χ1n) is 11.8. The summed E-state index contributed by atoms with van der Waals surface area (Å²) in [6.45, 7) is 6.23. The van der Waals surface area contributed by atoms with E-state index in [1.165, 1.54) is 12.8 Å². The Hall–Kier alpha value is -1.89. The monoisotopic (exact) mass is 457 g/mol. The minimum atomic E-state index is 0.390.